The van der Waals surface area contributed by atoms with E-state index in [1.807, 2.05) is 68.4 Å². The fourth-order valence-corrected chi connectivity index (χ4v) is 5.34. The predicted molar refractivity (Wildman–Crippen MR) is 151 cm³/mol. The highest BCUT2D eigenvalue weighted by Gasteiger charge is 2.39. The lowest BCUT2D eigenvalue weighted by molar-refractivity contribution is -0.140. The number of anilines is 1. The van der Waals surface area contributed by atoms with Crippen LogP contribution in [0, 0.1) is 5.82 Å². The van der Waals surface area contributed by atoms with E-state index in [2.05, 4.69) is 46.7 Å². The van der Waals surface area contributed by atoms with Crippen molar-refractivity contribution in [2.24, 2.45) is 0 Å². The van der Waals surface area contributed by atoms with Gasteiger partial charge in [-0.25, -0.2) is 4.39 Å². The van der Waals surface area contributed by atoms with Gasteiger partial charge in [0.15, 0.2) is 12.1 Å². The molecule has 0 saturated carbocycles. The molecule has 1 unspecified atom stereocenters. The molecule has 1 N–H and O–H groups in total. The van der Waals surface area contributed by atoms with Crippen LogP contribution in [0.15, 0.2) is 97.2 Å². The first kappa shape index (κ1) is 27.0. The average Bonchev–Trinajstić information content (AvgIpc) is 3.53. The minimum Gasteiger partial charge on any atom is -0.372 e. The van der Waals surface area contributed by atoms with E-state index in [0.717, 1.165) is 29.5 Å². The molecule has 0 spiro atoms. The first-order valence-electron chi connectivity index (χ1n) is 13.7. The van der Waals surface area contributed by atoms with Crippen molar-refractivity contribution in [2.45, 2.75) is 44.6 Å². The van der Waals surface area contributed by atoms with Crippen LogP contribution in [0.3, 0.4) is 0 Å². The molecule has 39 heavy (non-hydrogen) atoms. The minimum absolute atomic E-state index is 0.291. The molecule has 5 rings (SSSR count). The van der Waals surface area contributed by atoms with Crippen molar-refractivity contribution in [1.82, 2.24) is 4.98 Å². The van der Waals surface area contributed by atoms with E-state index in [1.54, 1.807) is 6.20 Å². The molecule has 1 aliphatic rings. The molecule has 0 aliphatic carbocycles. The quantitative estimate of drug-likeness (QED) is 0.162. The Morgan fingerprint density at radius 1 is 0.872 bits per heavy atom. The van der Waals surface area contributed by atoms with Gasteiger partial charge in [0, 0.05) is 26.0 Å². The second-order valence-electron chi connectivity index (χ2n) is 9.51. The van der Waals surface area contributed by atoms with Crippen LogP contribution in [0.5, 0.6) is 0 Å². The number of rotatable bonds is 11. The number of hydrogen-bond acceptors (Lipinski definition) is 5. The zero-order valence-corrected chi connectivity index (χ0v) is 22.5. The van der Waals surface area contributed by atoms with Crippen LogP contribution in [-0.4, -0.2) is 24.8 Å². The van der Waals surface area contributed by atoms with E-state index >= 15 is 4.39 Å². The number of nitrogens with zero attached hydrogens (tertiary/aromatic N) is 1. The molecule has 3 aromatic carbocycles. The van der Waals surface area contributed by atoms with Gasteiger partial charge in [-0.05, 0) is 43.4 Å². The van der Waals surface area contributed by atoms with Crippen molar-refractivity contribution in [1.29, 1.82) is 0 Å². The second-order valence-corrected chi connectivity index (χ2v) is 9.51. The average molecular weight is 527 g/mol. The molecular formula is C33H35FN2O3. The van der Waals surface area contributed by atoms with E-state index in [4.69, 9.17) is 14.2 Å². The Labute approximate surface area is 230 Å². The fraction of sp³-hybridized carbons (Fsp3) is 0.303. The summed E-state index contributed by atoms with van der Waals surface area (Å²) in [5.74, 6) is -0.448. The first-order valence-corrected chi connectivity index (χ1v) is 13.7. The maximum absolute atomic E-state index is 16.8. The molecule has 4 aromatic rings. The van der Waals surface area contributed by atoms with Crippen LogP contribution in [0.1, 0.15) is 67.0 Å². The number of halogens is 1. The van der Waals surface area contributed by atoms with E-state index in [1.165, 1.54) is 0 Å². The topological polar surface area (TPSA) is 52.6 Å². The molecule has 1 saturated heterocycles. The van der Waals surface area contributed by atoms with Crippen molar-refractivity contribution >= 4 is 5.69 Å². The Hall–Kier alpha value is -3.58. The summed E-state index contributed by atoms with van der Waals surface area (Å²) >= 11 is 0. The molecule has 1 aliphatic heterocycles. The molecule has 1 aromatic heterocycles. The largest absolute Gasteiger partial charge is 0.372 e. The fourth-order valence-electron chi connectivity index (χ4n) is 5.34. The molecule has 0 amide bonds. The highest BCUT2D eigenvalue weighted by Crippen LogP contribution is 2.44. The van der Waals surface area contributed by atoms with Gasteiger partial charge in [0.2, 0.25) is 0 Å². The third-order valence-corrected chi connectivity index (χ3v) is 7.13. The van der Waals surface area contributed by atoms with Crippen LogP contribution in [0.2, 0.25) is 0 Å². The Morgan fingerprint density at radius 2 is 1.38 bits per heavy atom. The third-order valence-electron chi connectivity index (χ3n) is 7.13. The number of pyridine rings is 1. The zero-order valence-electron chi connectivity index (χ0n) is 22.5. The van der Waals surface area contributed by atoms with Crippen molar-refractivity contribution in [3.8, 4) is 0 Å². The second kappa shape index (κ2) is 12.5. The lowest BCUT2D eigenvalue weighted by atomic mass is 9.76. The summed E-state index contributed by atoms with van der Waals surface area (Å²) in [7, 11) is 0. The number of aromatic nitrogens is 1. The molecule has 0 radical (unpaired) electrons. The predicted octanol–water partition coefficient (Wildman–Crippen LogP) is 7.55. The van der Waals surface area contributed by atoms with Crippen molar-refractivity contribution in [2.75, 3.05) is 25.1 Å². The van der Waals surface area contributed by atoms with Crippen LogP contribution in [-0.2, 0) is 19.7 Å². The summed E-state index contributed by atoms with van der Waals surface area (Å²) in [5.41, 5.74) is 3.06. The highest BCUT2D eigenvalue weighted by atomic mass is 19.1. The first-order chi connectivity index (χ1) is 19.2. The highest BCUT2D eigenvalue weighted by molar-refractivity contribution is 5.64. The monoisotopic (exact) mass is 526 g/mol. The van der Waals surface area contributed by atoms with Gasteiger partial charge < -0.3 is 19.5 Å². The summed E-state index contributed by atoms with van der Waals surface area (Å²) in [6.45, 7) is 5.19. The molecule has 1 atom stereocenters. The normalized spacial score (nSPS) is 15.5. The van der Waals surface area contributed by atoms with Crippen molar-refractivity contribution < 1.29 is 18.6 Å². The van der Waals surface area contributed by atoms with E-state index in [9.17, 15) is 0 Å². The summed E-state index contributed by atoms with van der Waals surface area (Å²) < 4.78 is 34.6. The van der Waals surface area contributed by atoms with Gasteiger partial charge in [-0.3, -0.25) is 4.98 Å². The molecule has 202 valence electrons. The molecular weight excluding hydrogens is 491 g/mol. The van der Waals surface area contributed by atoms with Gasteiger partial charge in [-0.15, -0.1) is 0 Å². The van der Waals surface area contributed by atoms with Crippen molar-refractivity contribution in [3.05, 3.63) is 131 Å². The summed E-state index contributed by atoms with van der Waals surface area (Å²) in [6.07, 6.45) is 2.09. The Kier molecular flexibility index (Phi) is 8.67. The molecule has 2 heterocycles. The number of nitrogens with one attached hydrogen (secondary N) is 1. The Balaban J connectivity index is 1.79. The van der Waals surface area contributed by atoms with Crippen LogP contribution >= 0.6 is 0 Å². The third kappa shape index (κ3) is 5.46. The summed E-state index contributed by atoms with van der Waals surface area (Å²) in [4.78, 5) is 4.55. The maximum Gasteiger partial charge on any atom is 0.187 e. The van der Waals surface area contributed by atoms with Gasteiger partial charge in [-0.1, -0.05) is 91.0 Å². The number of benzene rings is 3. The van der Waals surface area contributed by atoms with Crippen LogP contribution in [0.25, 0.3) is 0 Å². The molecule has 0 bridgehead atoms. The number of hydrogen-bond donors (Lipinski definition) is 1. The lowest BCUT2D eigenvalue weighted by Crippen LogP contribution is -2.39. The molecule has 1 fully saturated rings. The SMILES string of the molecule is CCOC(OCC)c1cnc(C2CCCO2)c(F)c1NC(c1ccccc1)(c1ccccc1)c1ccccc1. The Bertz CT molecular complexity index is 1230. The summed E-state index contributed by atoms with van der Waals surface area (Å²) in [6, 6.07) is 30.4. The lowest BCUT2D eigenvalue weighted by Gasteiger charge is -2.39. The number of ether oxygens (including phenoxy) is 3. The van der Waals surface area contributed by atoms with Gasteiger partial charge in [0.05, 0.1) is 11.3 Å². The van der Waals surface area contributed by atoms with Gasteiger partial charge in [0.25, 0.3) is 0 Å². The standard InChI is InChI=1S/C33H35FN2O3/c1-3-37-32(38-4-2)27-23-35-31(28-21-14-22-39-28)29(34)30(27)36-33(24-15-8-5-9-16-24,25-17-10-6-11-18-25)26-19-12-7-13-20-26/h5-13,15-20,23,28,32H,3-4,14,21-22H2,1-2H3,(H,35,36). The van der Waals surface area contributed by atoms with Gasteiger partial charge in [-0.2, -0.15) is 0 Å². The van der Waals surface area contributed by atoms with E-state index in [-0.39, 0.29) is 0 Å². The van der Waals surface area contributed by atoms with Crippen LogP contribution in [0.4, 0.5) is 10.1 Å². The molecule has 6 heteroatoms. The zero-order chi connectivity index (χ0) is 27.1. The smallest absolute Gasteiger partial charge is 0.187 e. The molecule has 5 nitrogen and oxygen atoms in total. The van der Waals surface area contributed by atoms with Gasteiger partial charge >= 0.3 is 0 Å². The Morgan fingerprint density at radius 3 is 1.82 bits per heavy atom. The maximum atomic E-state index is 16.8. The van der Waals surface area contributed by atoms with Crippen LogP contribution < -0.4 is 5.32 Å². The van der Waals surface area contributed by atoms with E-state index in [0.29, 0.717) is 36.8 Å². The van der Waals surface area contributed by atoms with E-state index < -0.39 is 23.8 Å². The van der Waals surface area contributed by atoms with Gasteiger partial charge in [0.1, 0.15) is 17.3 Å². The van der Waals surface area contributed by atoms with Crippen molar-refractivity contribution in [3.63, 3.8) is 0 Å². The minimum atomic E-state index is -0.933. The summed E-state index contributed by atoms with van der Waals surface area (Å²) in [5, 5.41) is 3.71.